The topological polar surface area (TPSA) is 56.7 Å². The highest BCUT2D eigenvalue weighted by atomic mass is 15.3. The Balaban J connectivity index is 2.79. The molecule has 0 spiro atoms. The Morgan fingerprint density at radius 1 is 1.75 bits per heavy atom. The van der Waals surface area contributed by atoms with E-state index >= 15 is 0 Å². The molecule has 0 unspecified atom stereocenters. The zero-order chi connectivity index (χ0) is 8.97. The lowest BCUT2D eigenvalue weighted by Crippen LogP contribution is -2.06. The largest absolute Gasteiger partial charge is 0.330 e. The number of aromatic nitrogens is 3. The quantitative estimate of drug-likeness (QED) is 0.714. The van der Waals surface area contributed by atoms with Gasteiger partial charge in [0.15, 0.2) is 5.82 Å². The molecule has 1 rings (SSSR count). The third-order valence-corrected chi connectivity index (χ3v) is 1.68. The molecule has 1 aromatic heterocycles. The van der Waals surface area contributed by atoms with Crippen LogP contribution >= 0.6 is 0 Å². The Labute approximate surface area is 72.1 Å². The number of nitrogens with two attached hydrogens (primary N) is 1. The van der Waals surface area contributed by atoms with Crippen molar-refractivity contribution in [1.82, 2.24) is 14.8 Å². The lowest BCUT2D eigenvalue weighted by Gasteiger charge is -2.03. The van der Waals surface area contributed by atoms with E-state index in [0.29, 0.717) is 6.54 Å². The van der Waals surface area contributed by atoms with Crippen LogP contribution in [0.15, 0.2) is 12.9 Å². The summed E-state index contributed by atoms with van der Waals surface area (Å²) in [4.78, 5) is 4.10. The van der Waals surface area contributed by atoms with Gasteiger partial charge < -0.3 is 5.73 Å². The number of nitrogens with zero attached hydrogens (tertiary/aromatic N) is 3. The molecular formula is C8H14N4. The third-order valence-electron chi connectivity index (χ3n) is 1.68. The SMILES string of the molecule is C=C(CCN)c1ncnn1CC. The summed E-state index contributed by atoms with van der Waals surface area (Å²) in [5, 5.41) is 4.04. The molecule has 0 bridgehead atoms. The summed E-state index contributed by atoms with van der Waals surface area (Å²) in [6.45, 7) is 7.34. The third kappa shape index (κ3) is 1.71. The fraction of sp³-hybridized carbons (Fsp3) is 0.500. The number of rotatable bonds is 4. The molecule has 0 aliphatic rings. The van der Waals surface area contributed by atoms with Crippen LogP contribution in [-0.4, -0.2) is 21.3 Å². The first-order valence-electron chi connectivity index (χ1n) is 4.05. The summed E-state index contributed by atoms with van der Waals surface area (Å²) in [5.41, 5.74) is 6.36. The van der Waals surface area contributed by atoms with Crippen LogP contribution in [0.1, 0.15) is 19.2 Å². The summed E-state index contributed by atoms with van der Waals surface area (Å²) < 4.78 is 1.82. The minimum absolute atomic E-state index is 0.607. The summed E-state index contributed by atoms with van der Waals surface area (Å²) in [6.07, 6.45) is 2.32. The van der Waals surface area contributed by atoms with Crippen LogP contribution in [0.3, 0.4) is 0 Å². The van der Waals surface area contributed by atoms with Gasteiger partial charge in [0, 0.05) is 6.54 Å². The Kier molecular flexibility index (Phi) is 2.99. The maximum Gasteiger partial charge on any atom is 0.153 e. The molecule has 66 valence electrons. The molecule has 0 radical (unpaired) electrons. The standard InChI is InChI=1S/C8H14N4/c1-3-12-8(10-6-11-12)7(2)4-5-9/h6H,2-5,9H2,1H3. The van der Waals surface area contributed by atoms with Crippen LogP contribution in [0.25, 0.3) is 5.57 Å². The van der Waals surface area contributed by atoms with Gasteiger partial charge in [0.1, 0.15) is 6.33 Å². The average molecular weight is 166 g/mol. The molecule has 0 aromatic carbocycles. The molecule has 0 aliphatic heterocycles. The smallest absolute Gasteiger partial charge is 0.153 e. The van der Waals surface area contributed by atoms with Gasteiger partial charge in [0.25, 0.3) is 0 Å². The highest BCUT2D eigenvalue weighted by Crippen LogP contribution is 2.11. The van der Waals surface area contributed by atoms with E-state index in [2.05, 4.69) is 16.7 Å². The Bertz CT molecular complexity index is 264. The van der Waals surface area contributed by atoms with Crippen LogP contribution in [0.5, 0.6) is 0 Å². The van der Waals surface area contributed by atoms with E-state index in [1.54, 1.807) is 6.33 Å². The van der Waals surface area contributed by atoms with Gasteiger partial charge >= 0.3 is 0 Å². The molecule has 0 saturated heterocycles. The van der Waals surface area contributed by atoms with Gasteiger partial charge in [-0.1, -0.05) is 6.58 Å². The van der Waals surface area contributed by atoms with Crippen LogP contribution in [-0.2, 0) is 6.54 Å². The molecule has 1 heterocycles. The van der Waals surface area contributed by atoms with Crippen molar-refractivity contribution in [1.29, 1.82) is 0 Å². The summed E-state index contributed by atoms with van der Waals surface area (Å²) in [7, 11) is 0. The summed E-state index contributed by atoms with van der Waals surface area (Å²) >= 11 is 0. The molecule has 4 heteroatoms. The second-order valence-electron chi connectivity index (χ2n) is 2.54. The van der Waals surface area contributed by atoms with E-state index in [1.165, 1.54) is 0 Å². The van der Waals surface area contributed by atoms with E-state index < -0.39 is 0 Å². The zero-order valence-electron chi connectivity index (χ0n) is 7.32. The summed E-state index contributed by atoms with van der Waals surface area (Å²) in [6, 6.07) is 0. The Hall–Kier alpha value is -1.16. The van der Waals surface area contributed by atoms with Crippen molar-refractivity contribution in [2.75, 3.05) is 6.54 Å². The van der Waals surface area contributed by atoms with Crippen molar-refractivity contribution in [3.8, 4) is 0 Å². The van der Waals surface area contributed by atoms with E-state index in [4.69, 9.17) is 5.73 Å². The average Bonchev–Trinajstić information content (AvgIpc) is 2.51. The fourth-order valence-corrected chi connectivity index (χ4v) is 1.06. The predicted octanol–water partition coefficient (Wildman–Crippen LogP) is 0.660. The molecule has 12 heavy (non-hydrogen) atoms. The molecular weight excluding hydrogens is 152 g/mol. The first kappa shape index (κ1) is 8.93. The zero-order valence-corrected chi connectivity index (χ0v) is 7.32. The molecule has 2 N–H and O–H groups in total. The monoisotopic (exact) mass is 166 g/mol. The molecule has 0 saturated carbocycles. The van der Waals surface area contributed by atoms with Crippen LogP contribution in [0.4, 0.5) is 0 Å². The maximum absolute atomic E-state index is 5.41. The first-order chi connectivity index (χ1) is 5.79. The van der Waals surface area contributed by atoms with Gasteiger partial charge in [-0.3, -0.25) is 0 Å². The van der Waals surface area contributed by atoms with Gasteiger partial charge in [-0.05, 0) is 25.5 Å². The molecule has 0 aliphatic carbocycles. The minimum Gasteiger partial charge on any atom is -0.330 e. The van der Waals surface area contributed by atoms with Crippen molar-refractivity contribution < 1.29 is 0 Å². The van der Waals surface area contributed by atoms with Crippen LogP contribution < -0.4 is 5.73 Å². The fourth-order valence-electron chi connectivity index (χ4n) is 1.06. The second kappa shape index (κ2) is 4.01. The van der Waals surface area contributed by atoms with Gasteiger partial charge in [0.2, 0.25) is 0 Å². The van der Waals surface area contributed by atoms with Crippen molar-refractivity contribution >= 4 is 5.57 Å². The number of hydrogen-bond acceptors (Lipinski definition) is 3. The number of aryl methyl sites for hydroxylation is 1. The molecule has 4 nitrogen and oxygen atoms in total. The van der Waals surface area contributed by atoms with Crippen LogP contribution in [0.2, 0.25) is 0 Å². The molecule has 0 atom stereocenters. The van der Waals surface area contributed by atoms with Crippen molar-refractivity contribution in [3.63, 3.8) is 0 Å². The van der Waals surface area contributed by atoms with Gasteiger partial charge in [0.05, 0.1) is 0 Å². The highest BCUT2D eigenvalue weighted by molar-refractivity contribution is 5.56. The summed E-state index contributed by atoms with van der Waals surface area (Å²) in [5.74, 6) is 0.850. The van der Waals surface area contributed by atoms with Crippen LogP contribution in [0, 0.1) is 0 Å². The van der Waals surface area contributed by atoms with Gasteiger partial charge in [-0.25, -0.2) is 9.67 Å². The lowest BCUT2D eigenvalue weighted by molar-refractivity contribution is 0.646. The normalized spacial score (nSPS) is 10.2. The molecule has 1 aromatic rings. The Morgan fingerprint density at radius 3 is 3.08 bits per heavy atom. The van der Waals surface area contributed by atoms with Crippen molar-refractivity contribution in [2.45, 2.75) is 19.9 Å². The van der Waals surface area contributed by atoms with Gasteiger partial charge in [-0.2, -0.15) is 5.10 Å². The van der Waals surface area contributed by atoms with E-state index in [0.717, 1.165) is 24.4 Å². The van der Waals surface area contributed by atoms with Gasteiger partial charge in [-0.15, -0.1) is 0 Å². The molecule has 0 fully saturated rings. The van der Waals surface area contributed by atoms with E-state index in [1.807, 2.05) is 11.6 Å². The predicted molar refractivity (Wildman–Crippen MR) is 48.4 cm³/mol. The van der Waals surface area contributed by atoms with Crippen molar-refractivity contribution in [2.24, 2.45) is 5.73 Å². The lowest BCUT2D eigenvalue weighted by atomic mass is 10.2. The molecule has 0 amide bonds. The minimum atomic E-state index is 0.607. The maximum atomic E-state index is 5.41. The number of hydrogen-bond donors (Lipinski definition) is 1. The Morgan fingerprint density at radius 2 is 2.50 bits per heavy atom. The second-order valence-corrected chi connectivity index (χ2v) is 2.54. The first-order valence-corrected chi connectivity index (χ1v) is 4.05. The highest BCUT2D eigenvalue weighted by Gasteiger charge is 2.04. The van der Waals surface area contributed by atoms with E-state index in [9.17, 15) is 0 Å². The van der Waals surface area contributed by atoms with E-state index in [-0.39, 0.29) is 0 Å². The van der Waals surface area contributed by atoms with Crippen molar-refractivity contribution in [3.05, 3.63) is 18.7 Å².